The Hall–Kier alpha value is -2.89. The highest BCUT2D eigenvalue weighted by Crippen LogP contribution is 2.34. The van der Waals surface area contributed by atoms with Crippen LogP contribution in [0.2, 0.25) is 0 Å². The van der Waals surface area contributed by atoms with Crippen molar-refractivity contribution in [1.29, 1.82) is 0 Å². The van der Waals surface area contributed by atoms with E-state index in [-0.39, 0.29) is 11.9 Å². The number of carbonyl (C=O) groups is 1. The number of aromatic nitrogens is 3. The third-order valence-electron chi connectivity index (χ3n) is 4.74. The first-order valence-corrected chi connectivity index (χ1v) is 8.52. The Bertz CT molecular complexity index is 894. The first-order chi connectivity index (χ1) is 12.2. The van der Waals surface area contributed by atoms with Crippen molar-refractivity contribution in [2.75, 3.05) is 6.54 Å². The number of amides is 1. The lowest BCUT2D eigenvalue weighted by Gasteiger charge is -2.34. The number of carbonyl (C=O) groups excluding carboxylic acids is 1. The molecule has 4 rings (SSSR count). The highest BCUT2D eigenvalue weighted by molar-refractivity contribution is 5.93. The van der Waals surface area contributed by atoms with Crippen molar-refractivity contribution in [2.45, 2.75) is 32.7 Å². The molecule has 3 heterocycles. The van der Waals surface area contributed by atoms with Crippen LogP contribution in [0.1, 0.15) is 51.7 Å². The van der Waals surface area contributed by atoms with Crippen LogP contribution >= 0.6 is 0 Å². The van der Waals surface area contributed by atoms with Gasteiger partial charge < -0.3 is 14.4 Å². The number of nitrogens with one attached hydrogen (secondary N) is 1. The van der Waals surface area contributed by atoms with E-state index in [2.05, 4.69) is 46.3 Å². The standard InChI is InChI=1S/C19H20N4O2/c1-3-13-4-6-14(7-5-13)18-17-15(20-11-21-17)8-9-23(18)19(24)16-10-12(2)25-22-16/h4-7,10-11,18H,3,8-9H2,1-2H3,(H,20,21). The number of H-pyrrole nitrogens is 1. The normalized spacial score (nSPS) is 16.7. The maximum absolute atomic E-state index is 13.0. The maximum atomic E-state index is 13.0. The average molecular weight is 336 g/mol. The molecule has 0 radical (unpaired) electrons. The van der Waals surface area contributed by atoms with Crippen LogP contribution in [-0.4, -0.2) is 32.5 Å². The van der Waals surface area contributed by atoms with Crippen LogP contribution in [0.25, 0.3) is 0 Å². The molecule has 0 saturated heterocycles. The molecular formula is C19H20N4O2. The summed E-state index contributed by atoms with van der Waals surface area (Å²) < 4.78 is 5.08. The van der Waals surface area contributed by atoms with E-state index in [4.69, 9.17) is 4.52 Å². The maximum Gasteiger partial charge on any atom is 0.276 e. The van der Waals surface area contributed by atoms with Crippen molar-refractivity contribution in [3.05, 3.63) is 70.6 Å². The molecule has 6 nitrogen and oxygen atoms in total. The van der Waals surface area contributed by atoms with E-state index in [0.29, 0.717) is 18.0 Å². The van der Waals surface area contributed by atoms with Gasteiger partial charge in [0.25, 0.3) is 5.91 Å². The number of imidazole rings is 1. The summed E-state index contributed by atoms with van der Waals surface area (Å²) >= 11 is 0. The van der Waals surface area contributed by atoms with Crippen LogP contribution in [0.5, 0.6) is 0 Å². The lowest BCUT2D eigenvalue weighted by atomic mass is 9.94. The molecule has 1 amide bonds. The molecule has 25 heavy (non-hydrogen) atoms. The van der Waals surface area contributed by atoms with E-state index >= 15 is 0 Å². The highest BCUT2D eigenvalue weighted by Gasteiger charge is 2.35. The Labute approximate surface area is 145 Å². The van der Waals surface area contributed by atoms with E-state index in [1.54, 1.807) is 19.3 Å². The average Bonchev–Trinajstić information content (AvgIpc) is 3.29. The zero-order valence-electron chi connectivity index (χ0n) is 14.3. The molecule has 6 heteroatoms. The monoisotopic (exact) mass is 336 g/mol. The second-order valence-electron chi connectivity index (χ2n) is 6.34. The van der Waals surface area contributed by atoms with E-state index in [1.807, 2.05) is 4.90 Å². The van der Waals surface area contributed by atoms with Crippen LogP contribution in [0.15, 0.2) is 41.2 Å². The molecule has 0 bridgehead atoms. The number of nitrogens with zero attached hydrogens (tertiary/aromatic N) is 3. The molecule has 0 spiro atoms. The summed E-state index contributed by atoms with van der Waals surface area (Å²) in [7, 11) is 0. The van der Waals surface area contributed by atoms with Gasteiger partial charge in [-0.05, 0) is 24.5 Å². The van der Waals surface area contributed by atoms with Gasteiger partial charge >= 0.3 is 0 Å². The number of fused-ring (bicyclic) bond motifs is 1. The smallest absolute Gasteiger partial charge is 0.276 e. The van der Waals surface area contributed by atoms with E-state index in [1.165, 1.54) is 5.56 Å². The lowest BCUT2D eigenvalue weighted by Crippen LogP contribution is -2.41. The molecule has 0 saturated carbocycles. The van der Waals surface area contributed by atoms with Crippen LogP contribution in [0.3, 0.4) is 0 Å². The Morgan fingerprint density at radius 2 is 2.16 bits per heavy atom. The van der Waals surface area contributed by atoms with Crippen LogP contribution < -0.4 is 0 Å². The molecule has 0 fully saturated rings. The molecule has 1 aliphatic rings. The minimum absolute atomic E-state index is 0.130. The van der Waals surface area contributed by atoms with E-state index in [0.717, 1.165) is 29.8 Å². The first-order valence-electron chi connectivity index (χ1n) is 8.52. The fourth-order valence-electron chi connectivity index (χ4n) is 3.38. The highest BCUT2D eigenvalue weighted by atomic mass is 16.5. The Morgan fingerprint density at radius 3 is 2.84 bits per heavy atom. The number of aryl methyl sites for hydroxylation is 2. The number of benzene rings is 1. The number of hydrogen-bond donors (Lipinski definition) is 1. The topological polar surface area (TPSA) is 75.0 Å². The van der Waals surface area contributed by atoms with Gasteiger partial charge in [0.15, 0.2) is 5.69 Å². The zero-order chi connectivity index (χ0) is 17.4. The van der Waals surface area contributed by atoms with Gasteiger partial charge in [-0.25, -0.2) is 4.98 Å². The molecule has 128 valence electrons. The molecule has 1 atom stereocenters. The van der Waals surface area contributed by atoms with Crippen molar-refractivity contribution < 1.29 is 9.32 Å². The molecule has 1 aromatic carbocycles. The Kier molecular flexibility index (Phi) is 3.87. The lowest BCUT2D eigenvalue weighted by molar-refractivity contribution is 0.0680. The molecule has 1 N–H and O–H groups in total. The Morgan fingerprint density at radius 1 is 1.36 bits per heavy atom. The van der Waals surface area contributed by atoms with Crippen molar-refractivity contribution >= 4 is 5.91 Å². The Balaban J connectivity index is 1.75. The van der Waals surface area contributed by atoms with Gasteiger partial charge in [0, 0.05) is 24.7 Å². The minimum atomic E-state index is -0.217. The van der Waals surface area contributed by atoms with Gasteiger partial charge in [0.2, 0.25) is 0 Å². The molecular weight excluding hydrogens is 316 g/mol. The second-order valence-corrected chi connectivity index (χ2v) is 6.34. The molecule has 2 aromatic heterocycles. The zero-order valence-corrected chi connectivity index (χ0v) is 14.3. The summed E-state index contributed by atoms with van der Waals surface area (Å²) in [5, 5.41) is 3.90. The number of rotatable bonds is 3. The fourth-order valence-corrected chi connectivity index (χ4v) is 3.38. The summed E-state index contributed by atoms with van der Waals surface area (Å²) in [6, 6.07) is 9.85. The van der Waals surface area contributed by atoms with E-state index < -0.39 is 0 Å². The second kappa shape index (κ2) is 6.20. The summed E-state index contributed by atoms with van der Waals surface area (Å²) in [6.45, 7) is 4.52. The van der Waals surface area contributed by atoms with Crippen LogP contribution in [0.4, 0.5) is 0 Å². The fraction of sp³-hybridized carbons (Fsp3) is 0.316. The number of hydrogen-bond acceptors (Lipinski definition) is 4. The third-order valence-corrected chi connectivity index (χ3v) is 4.74. The molecule has 3 aromatic rings. The SMILES string of the molecule is CCc1ccc(C2c3nc[nH]c3CCN2C(=O)c2cc(C)on2)cc1. The third kappa shape index (κ3) is 2.73. The van der Waals surface area contributed by atoms with Crippen molar-refractivity contribution in [2.24, 2.45) is 0 Å². The summed E-state index contributed by atoms with van der Waals surface area (Å²) in [5.74, 6) is 0.500. The van der Waals surface area contributed by atoms with Crippen LogP contribution in [0, 0.1) is 6.92 Å². The van der Waals surface area contributed by atoms with Gasteiger partial charge in [0.05, 0.1) is 12.0 Å². The number of aromatic amines is 1. The largest absolute Gasteiger partial charge is 0.361 e. The van der Waals surface area contributed by atoms with Crippen molar-refractivity contribution in [3.8, 4) is 0 Å². The summed E-state index contributed by atoms with van der Waals surface area (Å²) in [6.07, 6.45) is 3.44. The molecule has 1 aliphatic heterocycles. The predicted molar refractivity (Wildman–Crippen MR) is 92.2 cm³/mol. The minimum Gasteiger partial charge on any atom is -0.361 e. The molecule has 1 unspecified atom stereocenters. The molecule has 0 aliphatic carbocycles. The summed E-state index contributed by atoms with van der Waals surface area (Å²) in [5.41, 5.74) is 4.66. The van der Waals surface area contributed by atoms with Gasteiger partial charge in [-0.3, -0.25) is 4.79 Å². The van der Waals surface area contributed by atoms with Crippen molar-refractivity contribution in [1.82, 2.24) is 20.0 Å². The van der Waals surface area contributed by atoms with Gasteiger partial charge in [-0.15, -0.1) is 0 Å². The van der Waals surface area contributed by atoms with E-state index in [9.17, 15) is 4.79 Å². The van der Waals surface area contributed by atoms with Gasteiger partial charge in [0.1, 0.15) is 11.8 Å². The van der Waals surface area contributed by atoms with Crippen molar-refractivity contribution in [3.63, 3.8) is 0 Å². The quantitative estimate of drug-likeness (QED) is 0.797. The van der Waals surface area contributed by atoms with Gasteiger partial charge in [-0.2, -0.15) is 0 Å². The first kappa shape index (κ1) is 15.6. The predicted octanol–water partition coefficient (Wildman–Crippen LogP) is 3.06. The summed E-state index contributed by atoms with van der Waals surface area (Å²) in [4.78, 5) is 22.5. The van der Waals surface area contributed by atoms with Crippen LogP contribution in [-0.2, 0) is 12.8 Å². The van der Waals surface area contributed by atoms with Gasteiger partial charge in [-0.1, -0.05) is 36.3 Å².